The van der Waals surface area contributed by atoms with Gasteiger partial charge in [0.2, 0.25) is 10.0 Å². The van der Waals surface area contributed by atoms with Crippen molar-refractivity contribution in [2.24, 2.45) is 0 Å². The number of sulfonamides is 1. The average Bonchev–Trinajstić information content (AvgIpc) is 2.45. The Bertz CT molecular complexity index is 805. The highest BCUT2D eigenvalue weighted by Gasteiger charge is 2.37. The molecule has 2 aromatic carbocycles. The van der Waals surface area contributed by atoms with Crippen LogP contribution in [0.25, 0.3) is 0 Å². The summed E-state index contributed by atoms with van der Waals surface area (Å²) in [5, 5.41) is -0.227. The van der Waals surface area contributed by atoms with Gasteiger partial charge in [0, 0.05) is 11.6 Å². The molecule has 0 amide bonds. The number of nitrogens with one attached hydrogen (secondary N) is 1. The van der Waals surface area contributed by atoms with Crippen LogP contribution in [0, 0.1) is 5.82 Å². The van der Waals surface area contributed by atoms with Crippen molar-refractivity contribution in [1.82, 2.24) is 4.72 Å². The van der Waals surface area contributed by atoms with E-state index in [0.717, 1.165) is 24.3 Å². The first-order valence-corrected chi connectivity index (χ1v) is 8.06. The van der Waals surface area contributed by atoms with Gasteiger partial charge in [-0.25, -0.2) is 17.5 Å². The van der Waals surface area contributed by atoms with E-state index in [1.165, 1.54) is 12.1 Å². The maximum absolute atomic E-state index is 13.0. The molecule has 0 fully saturated rings. The van der Waals surface area contributed by atoms with Gasteiger partial charge in [-0.05, 0) is 35.9 Å². The first kappa shape index (κ1) is 17.7. The fraction of sp³-hybridized carbons (Fsp3) is 0.143. The first-order chi connectivity index (χ1) is 10.6. The SMILES string of the molecule is O=S(=O)(NCc1ccc(F)cc1)c1ccc(Cl)cc1C(F)(F)F. The van der Waals surface area contributed by atoms with Crippen LogP contribution >= 0.6 is 11.6 Å². The molecule has 9 heteroatoms. The van der Waals surface area contributed by atoms with Gasteiger partial charge in [-0.1, -0.05) is 23.7 Å². The largest absolute Gasteiger partial charge is 0.417 e. The molecule has 0 aliphatic carbocycles. The molecule has 0 saturated carbocycles. The highest BCUT2D eigenvalue weighted by atomic mass is 35.5. The molecule has 0 heterocycles. The van der Waals surface area contributed by atoms with Crippen LogP contribution in [0.15, 0.2) is 47.4 Å². The van der Waals surface area contributed by atoms with Crippen LogP contribution in [0.5, 0.6) is 0 Å². The Morgan fingerprint density at radius 3 is 2.22 bits per heavy atom. The molecule has 0 aromatic heterocycles. The van der Waals surface area contributed by atoms with Crippen LogP contribution in [0.1, 0.15) is 11.1 Å². The molecule has 0 saturated heterocycles. The molecule has 0 bridgehead atoms. The molecule has 124 valence electrons. The van der Waals surface area contributed by atoms with Crippen molar-refractivity contribution < 1.29 is 26.0 Å². The van der Waals surface area contributed by atoms with Crippen LogP contribution in [0.3, 0.4) is 0 Å². The molecule has 1 N–H and O–H groups in total. The zero-order valence-electron chi connectivity index (χ0n) is 11.4. The molecule has 0 spiro atoms. The molecule has 0 aliphatic heterocycles. The quantitative estimate of drug-likeness (QED) is 0.831. The Hall–Kier alpha value is -1.64. The second kappa shape index (κ2) is 6.46. The van der Waals surface area contributed by atoms with E-state index in [9.17, 15) is 26.0 Å². The van der Waals surface area contributed by atoms with Gasteiger partial charge in [-0.3, -0.25) is 0 Å². The van der Waals surface area contributed by atoms with Crippen LogP contribution in [-0.2, 0) is 22.7 Å². The second-order valence-corrected chi connectivity index (χ2v) is 6.76. The fourth-order valence-electron chi connectivity index (χ4n) is 1.82. The number of halogens is 5. The van der Waals surface area contributed by atoms with E-state index >= 15 is 0 Å². The van der Waals surface area contributed by atoms with Crippen molar-refractivity contribution in [3.05, 3.63) is 64.4 Å². The van der Waals surface area contributed by atoms with Gasteiger partial charge >= 0.3 is 6.18 Å². The summed E-state index contributed by atoms with van der Waals surface area (Å²) in [6.45, 7) is -0.275. The lowest BCUT2D eigenvalue weighted by Gasteiger charge is -2.14. The summed E-state index contributed by atoms with van der Waals surface area (Å²) in [6, 6.07) is 7.28. The number of rotatable bonds is 4. The topological polar surface area (TPSA) is 46.2 Å². The van der Waals surface area contributed by atoms with Crippen molar-refractivity contribution in [2.75, 3.05) is 0 Å². The summed E-state index contributed by atoms with van der Waals surface area (Å²) >= 11 is 5.51. The highest BCUT2D eigenvalue weighted by molar-refractivity contribution is 7.89. The van der Waals surface area contributed by atoms with Crippen molar-refractivity contribution in [3.63, 3.8) is 0 Å². The number of benzene rings is 2. The third-order valence-electron chi connectivity index (χ3n) is 2.92. The van der Waals surface area contributed by atoms with Gasteiger partial charge in [0.15, 0.2) is 0 Å². The van der Waals surface area contributed by atoms with Crippen molar-refractivity contribution in [3.8, 4) is 0 Å². The molecular weight excluding hydrogens is 358 g/mol. The minimum Gasteiger partial charge on any atom is -0.207 e. The smallest absolute Gasteiger partial charge is 0.207 e. The lowest BCUT2D eigenvalue weighted by Crippen LogP contribution is -2.26. The maximum atomic E-state index is 13.0. The van der Waals surface area contributed by atoms with Gasteiger partial charge < -0.3 is 0 Å². The molecular formula is C14H10ClF4NO2S. The van der Waals surface area contributed by atoms with Gasteiger partial charge in [-0.2, -0.15) is 13.2 Å². The third kappa shape index (κ3) is 4.43. The summed E-state index contributed by atoms with van der Waals surface area (Å²) in [6.07, 6.45) is -4.87. The Balaban J connectivity index is 2.31. The van der Waals surface area contributed by atoms with Gasteiger partial charge in [0.1, 0.15) is 5.82 Å². The van der Waals surface area contributed by atoms with Crippen molar-refractivity contribution in [1.29, 1.82) is 0 Å². The molecule has 23 heavy (non-hydrogen) atoms. The summed E-state index contributed by atoms with van der Waals surface area (Å²) < 4.78 is 78.0. The van der Waals surface area contributed by atoms with E-state index in [2.05, 4.69) is 0 Å². The standard InChI is InChI=1S/C14H10ClF4NO2S/c15-10-3-6-13(12(7-10)14(17,18)19)23(21,22)20-8-9-1-4-11(16)5-2-9/h1-7,20H,8H2. The second-order valence-electron chi connectivity index (χ2n) is 4.59. The Morgan fingerprint density at radius 2 is 1.65 bits per heavy atom. The summed E-state index contributed by atoms with van der Waals surface area (Å²) in [4.78, 5) is -0.920. The molecule has 3 nitrogen and oxygen atoms in total. The molecule has 0 radical (unpaired) electrons. The molecule has 2 rings (SSSR count). The zero-order chi connectivity index (χ0) is 17.3. The van der Waals surface area contributed by atoms with Crippen molar-refractivity contribution in [2.45, 2.75) is 17.6 Å². The molecule has 2 aromatic rings. The van der Waals surface area contributed by atoms with Gasteiger partial charge in [0.05, 0.1) is 10.5 Å². The first-order valence-electron chi connectivity index (χ1n) is 6.20. The highest BCUT2D eigenvalue weighted by Crippen LogP contribution is 2.35. The van der Waals surface area contributed by atoms with E-state index in [0.29, 0.717) is 11.6 Å². The minimum atomic E-state index is -4.87. The predicted octanol–water partition coefficient (Wildman–Crippen LogP) is 3.98. The molecule has 0 unspecified atom stereocenters. The minimum absolute atomic E-state index is 0.227. The third-order valence-corrected chi connectivity index (χ3v) is 4.61. The van der Waals surface area contributed by atoms with E-state index in [-0.39, 0.29) is 11.6 Å². The van der Waals surface area contributed by atoms with E-state index in [1.807, 2.05) is 4.72 Å². The lowest BCUT2D eigenvalue weighted by atomic mass is 10.2. The average molecular weight is 368 g/mol. The Labute approximate surface area is 134 Å². The van der Waals surface area contributed by atoms with Crippen LogP contribution in [0.4, 0.5) is 17.6 Å². The zero-order valence-corrected chi connectivity index (χ0v) is 12.9. The summed E-state index contributed by atoms with van der Waals surface area (Å²) in [5.41, 5.74) is -0.950. The maximum Gasteiger partial charge on any atom is 0.417 e. The number of alkyl halides is 3. The van der Waals surface area contributed by atoms with E-state index in [4.69, 9.17) is 11.6 Å². The van der Waals surface area contributed by atoms with Gasteiger partial charge in [-0.15, -0.1) is 0 Å². The predicted molar refractivity (Wildman–Crippen MR) is 76.9 cm³/mol. The van der Waals surface area contributed by atoms with E-state index in [1.54, 1.807) is 0 Å². The lowest BCUT2D eigenvalue weighted by molar-refractivity contribution is -0.139. The molecule has 0 atom stereocenters. The normalized spacial score (nSPS) is 12.4. The van der Waals surface area contributed by atoms with Crippen LogP contribution < -0.4 is 4.72 Å². The van der Waals surface area contributed by atoms with Crippen LogP contribution in [-0.4, -0.2) is 8.42 Å². The summed E-state index contributed by atoms with van der Waals surface area (Å²) in [7, 11) is -4.42. The number of hydrogen-bond donors (Lipinski definition) is 1. The van der Waals surface area contributed by atoms with E-state index < -0.39 is 32.5 Å². The Morgan fingerprint density at radius 1 is 1.04 bits per heavy atom. The number of hydrogen-bond acceptors (Lipinski definition) is 2. The van der Waals surface area contributed by atoms with Crippen molar-refractivity contribution >= 4 is 21.6 Å². The van der Waals surface area contributed by atoms with Crippen LogP contribution in [0.2, 0.25) is 5.02 Å². The Kier molecular flexibility index (Phi) is 4.98. The molecule has 0 aliphatic rings. The van der Waals surface area contributed by atoms with Gasteiger partial charge in [0.25, 0.3) is 0 Å². The summed E-state index contributed by atoms with van der Waals surface area (Å²) in [5.74, 6) is -0.506. The monoisotopic (exact) mass is 367 g/mol. The fourth-order valence-corrected chi connectivity index (χ4v) is 3.21.